The molecule has 0 unspecified atom stereocenters. The van der Waals surface area contributed by atoms with E-state index in [1.807, 2.05) is 31.2 Å². The summed E-state index contributed by atoms with van der Waals surface area (Å²) >= 11 is 0. The van der Waals surface area contributed by atoms with Crippen molar-refractivity contribution in [3.05, 3.63) is 47.1 Å². The Morgan fingerprint density at radius 1 is 1.29 bits per heavy atom. The van der Waals surface area contributed by atoms with Crippen molar-refractivity contribution >= 4 is 5.91 Å². The number of hydrogen-bond acceptors (Lipinski definition) is 5. The molecular formula is C18H25N3O3. The number of benzene rings is 1. The van der Waals surface area contributed by atoms with Gasteiger partial charge in [0, 0.05) is 12.1 Å². The van der Waals surface area contributed by atoms with E-state index >= 15 is 0 Å². The van der Waals surface area contributed by atoms with Crippen molar-refractivity contribution in [1.29, 1.82) is 0 Å². The van der Waals surface area contributed by atoms with Gasteiger partial charge in [-0.25, -0.2) is 0 Å². The SMILES string of the molecule is CCN(Cc1nc(C)no1)C(=O)c1ccc(CCC(C)(C)O)cc1. The van der Waals surface area contributed by atoms with Crippen molar-refractivity contribution < 1.29 is 14.4 Å². The van der Waals surface area contributed by atoms with E-state index in [0.717, 1.165) is 12.0 Å². The Kier molecular flexibility index (Phi) is 5.72. The molecule has 6 nitrogen and oxygen atoms in total. The second-order valence-corrected chi connectivity index (χ2v) is 6.56. The normalized spacial score (nSPS) is 11.5. The Bertz CT molecular complexity index is 672. The minimum absolute atomic E-state index is 0.0672. The molecule has 0 bridgehead atoms. The molecule has 0 aliphatic carbocycles. The van der Waals surface area contributed by atoms with Crippen LogP contribution >= 0.6 is 0 Å². The van der Waals surface area contributed by atoms with Gasteiger partial charge >= 0.3 is 0 Å². The van der Waals surface area contributed by atoms with E-state index in [4.69, 9.17) is 4.52 Å². The van der Waals surface area contributed by atoms with Crippen LogP contribution in [-0.4, -0.2) is 38.2 Å². The van der Waals surface area contributed by atoms with Gasteiger partial charge < -0.3 is 14.5 Å². The van der Waals surface area contributed by atoms with Crippen molar-refractivity contribution in [2.24, 2.45) is 0 Å². The van der Waals surface area contributed by atoms with Gasteiger partial charge in [0.2, 0.25) is 5.89 Å². The molecule has 6 heteroatoms. The predicted molar refractivity (Wildman–Crippen MR) is 90.5 cm³/mol. The summed E-state index contributed by atoms with van der Waals surface area (Å²) in [5, 5.41) is 13.5. The first-order chi connectivity index (χ1) is 11.3. The molecule has 0 aliphatic rings. The lowest BCUT2D eigenvalue weighted by molar-refractivity contribution is 0.0710. The summed E-state index contributed by atoms with van der Waals surface area (Å²) in [6.45, 7) is 8.11. The molecule has 130 valence electrons. The minimum atomic E-state index is -0.685. The summed E-state index contributed by atoms with van der Waals surface area (Å²) in [7, 11) is 0. The fourth-order valence-electron chi connectivity index (χ4n) is 2.34. The second kappa shape index (κ2) is 7.57. The molecule has 2 rings (SSSR count). The predicted octanol–water partition coefficient (Wildman–Crippen LogP) is 2.74. The van der Waals surface area contributed by atoms with Gasteiger partial charge in [-0.15, -0.1) is 0 Å². The molecule has 0 atom stereocenters. The molecule has 2 aromatic rings. The lowest BCUT2D eigenvalue weighted by Gasteiger charge is -2.19. The molecule has 1 aromatic carbocycles. The van der Waals surface area contributed by atoms with E-state index < -0.39 is 5.60 Å². The number of carbonyl (C=O) groups is 1. The maximum atomic E-state index is 12.6. The van der Waals surface area contributed by atoms with Gasteiger partial charge in [-0.2, -0.15) is 4.98 Å². The molecule has 1 heterocycles. The van der Waals surface area contributed by atoms with Crippen LogP contribution in [0.2, 0.25) is 0 Å². The first-order valence-corrected chi connectivity index (χ1v) is 8.18. The van der Waals surface area contributed by atoms with Crippen LogP contribution in [0.15, 0.2) is 28.8 Å². The van der Waals surface area contributed by atoms with Crippen LogP contribution in [0.4, 0.5) is 0 Å². The standard InChI is InChI=1S/C18H25N3O3/c1-5-21(12-16-19-13(2)20-24-16)17(22)15-8-6-14(7-9-15)10-11-18(3,4)23/h6-9,23H,5,10-12H2,1-4H3. The van der Waals surface area contributed by atoms with Crippen molar-refractivity contribution in [1.82, 2.24) is 15.0 Å². The third kappa shape index (κ3) is 5.16. The summed E-state index contributed by atoms with van der Waals surface area (Å²) in [6.07, 6.45) is 1.45. The van der Waals surface area contributed by atoms with Crippen LogP contribution in [0.1, 0.15) is 54.8 Å². The highest BCUT2D eigenvalue weighted by atomic mass is 16.5. The highest BCUT2D eigenvalue weighted by Gasteiger charge is 2.18. The number of rotatable bonds is 7. The van der Waals surface area contributed by atoms with Crippen molar-refractivity contribution in [2.75, 3.05) is 6.54 Å². The highest BCUT2D eigenvalue weighted by molar-refractivity contribution is 5.94. The highest BCUT2D eigenvalue weighted by Crippen LogP contribution is 2.15. The molecule has 0 spiro atoms. The lowest BCUT2D eigenvalue weighted by Crippen LogP contribution is -2.30. The fourth-order valence-corrected chi connectivity index (χ4v) is 2.34. The van der Waals surface area contributed by atoms with E-state index in [-0.39, 0.29) is 5.91 Å². The number of amides is 1. The fraction of sp³-hybridized carbons (Fsp3) is 0.500. The first-order valence-electron chi connectivity index (χ1n) is 8.18. The zero-order valence-corrected chi connectivity index (χ0v) is 14.7. The molecule has 1 amide bonds. The average molecular weight is 331 g/mol. The first kappa shape index (κ1) is 18.1. The Balaban J connectivity index is 2.02. The van der Waals surface area contributed by atoms with Gasteiger partial charge in [-0.05, 0) is 58.2 Å². The van der Waals surface area contributed by atoms with Crippen LogP contribution in [0.5, 0.6) is 0 Å². The molecule has 24 heavy (non-hydrogen) atoms. The van der Waals surface area contributed by atoms with Gasteiger partial charge in [0.05, 0.1) is 5.60 Å². The van der Waals surface area contributed by atoms with E-state index in [0.29, 0.717) is 36.8 Å². The van der Waals surface area contributed by atoms with Crippen LogP contribution in [-0.2, 0) is 13.0 Å². The summed E-state index contributed by atoms with van der Waals surface area (Å²) in [4.78, 5) is 18.4. The number of aromatic nitrogens is 2. The molecular weight excluding hydrogens is 306 g/mol. The van der Waals surface area contributed by atoms with Crippen molar-refractivity contribution in [3.63, 3.8) is 0 Å². The van der Waals surface area contributed by atoms with E-state index in [2.05, 4.69) is 10.1 Å². The van der Waals surface area contributed by atoms with Crippen LogP contribution in [0.25, 0.3) is 0 Å². The van der Waals surface area contributed by atoms with Gasteiger partial charge in [0.25, 0.3) is 5.91 Å². The Morgan fingerprint density at radius 2 is 1.96 bits per heavy atom. The third-order valence-electron chi connectivity index (χ3n) is 3.79. The zero-order chi connectivity index (χ0) is 17.7. The topological polar surface area (TPSA) is 79.5 Å². The van der Waals surface area contributed by atoms with Crippen molar-refractivity contribution in [2.45, 2.75) is 52.7 Å². The molecule has 1 aromatic heterocycles. The van der Waals surface area contributed by atoms with Gasteiger partial charge in [-0.3, -0.25) is 4.79 Å². The zero-order valence-electron chi connectivity index (χ0n) is 14.7. The van der Waals surface area contributed by atoms with Crippen LogP contribution in [0.3, 0.4) is 0 Å². The molecule has 0 radical (unpaired) electrons. The number of nitrogens with zero attached hydrogens (tertiary/aromatic N) is 3. The summed E-state index contributed by atoms with van der Waals surface area (Å²) in [5.41, 5.74) is 1.04. The molecule has 0 aliphatic heterocycles. The summed E-state index contributed by atoms with van der Waals surface area (Å²) in [5.74, 6) is 0.927. The largest absolute Gasteiger partial charge is 0.390 e. The smallest absolute Gasteiger partial charge is 0.254 e. The van der Waals surface area contributed by atoms with E-state index in [1.54, 1.807) is 25.7 Å². The minimum Gasteiger partial charge on any atom is -0.390 e. The number of hydrogen-bond donors (Lipinski definition) is 1. The molecule has 1 N–H and O–H groups in total. The summed E-state index contributed by atoms with van der Waals surface area (Å²) in [6, 6.07) is 7.51. The van der Waals surface area contributed by atoms with Gasteiger partial charge in [0.1, 0.15) is 6.54 Å². The maximum Gasteiger partial charge on any atom is 0.254 e. The second-order valence-electron chi connectivity index (χ2n) is 6.56. The number of aryl methyl sites for hydroxylation is 2. The Morgan fingerprint density at radius 3 is 2.46 bits per heavy atom. The monoisotopic (exact) mass is 331 g/mol. The maximum absolute atomic E-state index is 12.6. The molecule has 0 saturated heterocycles. The lowest BCUT2D eigenvalue weighted by atomic mass is 9.98. The third-order valence-corrected chi connectivity index (χ3v) is 3.79. The number of carbonyl (C=O) groups excluding carboxylic acids is 1. The van der Waals surface area contributed by atoms with Gasteiger partial charge in [-0.1, -0.05) is 17.3 Å². The average Bonchev–Trinajstić information content (AvgIpc) is 2.95. The van der Waals surface area contributed by atoms with E-state index in [9.17, 15) is 9.90 Å². The van der Waals surface area contributed by atoms with Gasteiger partial charge in [0.15, 0.2) is 5.82 Å². The number of aliphatic hydroxyl groups is 1. The van der Waals surface area contributed by atoms with E-state index in [1.165, 1.54) is 0 Å². The Hall–Kier alpha value is -2.21. The Labute approximate surface area is 142 Å². The summed E-state index contributed by atoms with van der Waals surface area (Å²) < 4.78 is 5.09. The van der Waals surface area contributed by atoms with Crippen molar-refractivity contribution in [3.8, 4) is 0 Å². The molecule has 0 saturated carbocycles. The molecule has 0 fully saturated rings. The van der Waals surface area contributed by atoms with Crippen LogP contribution < -0.4 is 0 Å². The quantitative estimate of drug-likeness (QED) is 0.844. The van der Waals surface area contributed by atoms with Crippen LogP contribution in [0, 0.1) is 6.92 Å².